The van der Waals surface area contributed by atoms with E-state index in [1.807, 2.05) is 24.3 Å². The van der Waals surface area contributed by atoms with Crippen molar-refractivity contribution in [2.24, 2.45) is 0 Å². The average molecular weight is 375 g/mol. The summed E-state index contributed by atoms with van der Waals surface area (Å²) in [5.41, 5.74) is 2.01. The first-order valence-electron chi connectivity index (χ1n) is 6.63. The summed E-state index contributed by atoms with van der Waals surface area (Å²) in [5, 5.41) is 3.05. The van der Waals surface area contributed by atoms with Gasteiger partial charge in [0.2, 0.25) is 0 Å². The Morgan fingerprint density at radius 1 is 1.14 bits per heavy atom. The van der Waals surface area contributed by atoms with Crippen LogP contribution in [0.3, 0.4) is 0 Å². The Kier molecular flexibility index (Phi) is 6.00. The van der Waals surface area contributed by atoms with Crippen LogP contribution >= 0.6 is 27.5 Å². The lowest BCUT2D eigenvalue weighted by Crippen LogP contribution is -2.05. The monoisotopic (exact) mass is 373 g/mol. The highest BCUT2D eigenvalue weighted by molar-refractivity contribution is 9.10. The van der Waals surface area contributed by atoms with Gasteiger partial charge in [-0.2, -0.15) is 0 Å². The van der Waals surface area contributed by atoms with Crippen molar-refractivity contribution in [3.05, 3.63) is 63.6 Å². The lowest BCUT2D eigenvalue weighted by atomic mass is 10.1. The van der Waals surface area contributed by atoms with E-state index in [9.17, 15) is 8.78 Å². The van der Waals surface area contributed by atoms with E-state index in [-0.39, 0.29) is 16.6 Å². The Bertz CT molecular complexity index is 619. The predicted octanol–water partition coefficient (Wildman–Crippen LogP) is 5.51. The van der Waals surface area contributed by atoms with Gasteiger partial charge in [-0.05, 0) is 58.6 Å². The molecule has 0 heterocycles. The van der Waals surface area contributed by atoms with Crippen LogP contribution in [-0.2, 0) is 13.0 Å². The molecule has 0 unspecified atom stereocenters. The molecule has 0 atom stereocenters. The van der Waals surface area contributed by atoms with Crippen molar-refractivity contribution in [3.63, 3.8) is 0 Å². The molecule has 0 saturated carbocycles. The van der Waals surface area contributed by atoms with Crippen molar-refractivity contribution in [1.82, 2.24) is 0 Å². The highest BCUT2D eigenvalue weighted by atomic mass is 79.9. The van der Waals surface area contributed by atoms with E-state index >= 15 is 0 Å². The van der Waals surface area contributed by atoms with Gasteiger partial charge in [-0.1, -0.05) is 12.1 Å². The summed E-state index contributed by atoms with van der Waals surface area (Å²) in [5.74, 6) is -0.506. The van der Waals surface area contributed by atoms with Crippen LogP contribution in [0.4, 0.5) is 14.5 Å². The zero-order chi connectivity index (χ0) is 15.2. The number of nitrogens with one attached hydrogen (secondary N) is 1. The number of halogens is 4. The first kappa shape index (κ1) is 16.2. The summed E-state index contributed by atoms with van der Waals surface area (Å²) >= 11 is 8.74. The van der Waals surface area contributed by atoms with Gasteiger partial charge in [-0.3, -0.25) is 0 Å². The SMILES string of the molecule is Fc1ccc(Br)c(F)c1CNc1cccc(CCCCl)c1. The number of anilines is 1. The largest absolute Gasteiger partial charge is 0.381 e. The minimum atomic E-state index is -0.569. The molecule has 2 rings (SSSR count). The molecule has 0 aromatic heterocycles. The third kappa shape index (κ3) is 4.42. The van der Waals surface area contributed by atoms with Crippen LogP contribution in [0.1, 0.15) is 17.5 Å². The minimum absolute atomic E-state index is 0.0236. The molecule has 0 amide bonds. The molecule has 0 fully saturated rings. The van der Waals surface area contributed by atoms with Gasteiger partial charge in [0.25, 0.3) is 0 Å². The number of alkyl halides is 1. The molecule has 1 N–H and O–H groups in total. The molecule has 0 saturated heterocycles. The number of benzene rings is 2. The van der Waals surface area contributed by atoms with Gasteiger partial charge in [0.15, 0.2) is 0 Å². The molecule has 0 aliphatic heterocycles. The van der Waals surface area contributed by atoms with Gasteiger partial charge in [0.05, 0.1) is 4.47 Å². The summed E-state index contributed by atoms with van der Waals surface area (Å²) in [7, 11) is 0. The van der Waals surface area contributed by atoms with Gasteiger partial charge >= 0.3 is 0 Å². The van der Waals surface area contributed by atoms with Crippen LogP contribution in [0.15, 0.2) is 40.9 Å². The molecule has 0 aliphatic carbocycles. The molecule has 5 heteroatoms. The third-order valence-corrected chi connectivity index (χ3v) is 4.01. The van der Waals surface area contributed by atoms with Crippen molar-refractivity contribution in [1.29, 1.82) is 0 Å². The van der Waals surface area contributed by atoms with Crippen molar-refractivity contribution in [3.8, 4) is 0 Å². The third-order valence-electron chi connectivity index (χ3n) is 3.13. The molecule has 0 spiro atoms. The van der Waals surface area contributed by atoms with Crippen molar-refractivity contribution in [2.45, 2.75) is 19.4 Å². The van der Waals surface area contributed by atoms with Crippen LogP contribution in [-0.4, -0.2) is 5.88 Å². The summed E-state index contributed by atoms with van der Waals surface area (Å²) in [6.07, 6.45) is 1.79. The van der Waals surface area contributed by atoms with Crippen LogP contribution in [0.25, 0.3) is 0 Å². The maximum absolute atomic E-state index is 13.9. The highest BCUT2D eigenvalue weighted by Crippen LogP contribution is 2.23. The highest BCUT2D eigenvalue weighted by Gasteiger charge is 2.11. The van der Waals surface area contributed by atoms with Crippen LogP contribution in [0, 0.1) is 11.6 Å². The zero-order valence-electron chi connectivity index (χ0n) is 11.3. The van der Waals surface area contributed by atoms with Gasteiger partial charge < -0.3 is 5.32 Å². The average Bonchev–Trinajstić information content (AvgIpc) is 2.49. The van der Waals surface area contributed by atoms with E-state index in [2.05, 4.69) is 21.2 Å². The Hall–Kier alpha value is -1.13. The smallest absolute Gasteiger partial charge is 0.145 e. The molecule has 112 valence electrons. The number of aryl methyl sites for hydroxylation is 1. The molecule has 0 aliphatic rings. The zero-order valence-corrected chi connectivity index (χ0v) is 13.6. The van der Waals surface area contributed by atoms with Crippen molar-refractivity contribution < 1.29 is 8.78 Å². The van der Waals surface area contributed by atoms with E-state index in [1.165, 1.54) is 12.1 Å². The topological polar surface area (TPSA) is 12.0 Å². The van der Waals surface area contributed by atoms with Crippen LogP contribution < -0.4 is 5.32 Å². The fourth-order valence-corrected chi connectivity index (χ4v) is 2.53. The predicted molar refractivity (Wildman–Crippen MR) is 86.9 cm³/mol. The number of hydrogen-bond donors (Lipinski definition) is 1. The Morgan fingerprint density at radius 3 is 2.71 bits per heavy atom. The fourth-order valence-electron chi connectivity index (χ4n) is 2.03. The van der Waals surface area contributed by atoms with Crippen molar-refractivity contribution in [2.75, 3.05) is 11.2 Å². The Balaban J connectivity index is 2.08. The van der Waals surface area contributed by atoms with Crippen LogP contribution in [0.5, 0.6) is 0 Å². The van der Waals surface area contributed by atoms with Gasteiger partial charge in [-0.25, -0.2) is 8.78 Å². The maximum atomic E-state index is 13.9. The lowest BCUT2D eigenvalue weighted by molar-refractivity contribution is 0.555. The van der Waals surface area contributed by atoms with Gasteiger partial charge in [0, 0.05) is 23.7 Å². The molecule has 21 heavy (non-hydrogen) atoms. The summed E-state index contributed by atoms with van der Waals surface area (Å²) < 4.78 is 27.8. The standard InChI is InChI=1S/C16H15BrClF2N/c17-14-6-7-15(19)13(16(14)20)10-21-12-5-1-3-11(9-12)4-2-8-18/h1,3,5-7,9,21H,2,4,8,10H2. The normalized spacial score (nSPS) is 10.7. The van der Waals surface area contributed by atoms with E-state index in [0.717, 1.165) is 24.1 Å². The lowest BCUT2D eigenvalue weighted by Gasteiger charge is -2.10. The molecule has 0 bridgehead atoms. The Morgan fingerprint density at radius 2 is 1.95 bits per heavy atom. The molecule has 1 nitrogen and oxygen atoms in total. The quantitative estimate of drug-likeness (QED) is 0.519. The minimum Gasteiger partial charge on any atom is -0.381 e. The summed E-state index contributed by atoms with van der Waals surface area (Å²) in [4.78, 5) is 0. The Labute approximate surface area is 136 Å². The fraction of sp³-hybridized carbons (Fsp3) is 0.250. The molecule has 2 aromatic rings. The van der Waals surface area contributed by atoms with E-state index < -0.39 is 11.6 Å². The number of rotatable bonds is 6. The van der Waals surface area contributed by atoms with Gasteiger partial charge in [0.1, 0.15) is 11.6 Å². The number of hydrogen-bond acceptors (Lipinski definition) is 1. The van der Waals surface area contributed by atoms with Crippen LogP contribution in [0.2, 0.25) is 0 Å². The maximum Gasteiger partial charge on any atom is 0.145 e. The second-order valence-corrected chi connectivity index (χ2v) is 5.90. The van der Waals surface area contributed by atoms with Gasteiger partial charge in [-0.15, -0.1) is 11.6 Å². The second kappa shape index (κ2) is 7.76. The van der Waals surface area contributed by atoms with E-state index in [0.29, 0.717) is 5.88 Å². The second-order valence-electron chi connectivity index (χ2n) is 4.67. The first-order chi connectivity index (χ1) is 10.1. The molecule has 2 aromatic carbocycles. The molecular weight excluding hydrogens is 360 g/mol. The first-order valence-corrected chi connectivity index (χ1v) is 7.95. The molecular formula is C16H15BrClF2N. The summed E-state index contributed by atoms with van der Waals surface area (Å²) in [6, 6.07) is 10.4. The van der Waals surface area contributed by atoms with E-state index in [1.54, 1.807) is 0 Å². The van der Waals surface area contributed by atoms with E-state index in [4.69, 9.17) is 11.6 Å². The summed E-state index contributed by atoms with van der Waals surface area (Å²) in [6.45, 7) is 0.0933. The van der Waals surface area contributed by atoms with Crippen molar-refractivity contribution >= 4 is 33.2 Å². The molecule has 0 radical (unpaired) electrons.